The number of nitrogens with two attached hydrogens (primary N) is 1. The third-order valence-electron chi connectivity index (χ3n) is 3.66. The Morgan fingerprint density at radius 3 is 2.74 bits per heavy atom. The highest BCUT2D eigenvalue weighted by Gasteiger charge is 2.22. The van der Waals surface area contributed by atoms with Gasteiger partial charge < -0.3 is 15.5 Å². The van der Waals surface area contributed by atoms with Crippen molar-refractivity contribution in [3.8, 4) is 0 Å². The van der Waals surface area contributed by atoms with Crippen molar-refractivity contribution in [2.45, 2.75) is 25.8 Å². The molecule has 0 aromatic heterocycles. The molecule has 4 N–H and O–H groups in total. The zero-order valence-corrected chi connectivity index (χ0v) is 11.2. The van der Waals surface area contributed by atoms with Gasteiger partial charge in [-0.2, -0.15) is 0 Å². The molecule has 5 nitrogen and oxygen atoms in total. The van der Waals surface area contributed by atoms with Gasteiger partial charge in [0.05, 0.1) is 11.3 Å². The number of nitrogens with one attached hydrogen (secondary N) is 2. The Morgan fingerprint density at radius 1 is 1.37 bits per heavy atom. The van der Waals surface area contributed by atoms with Crippen LogP contribution in [0.5, 0.6) is 0 Å². The molecule has 1 aliphatic rings. The average Bonchev–Trinajstić information content (AvgIpc) is 2.48. The van der Waals surface area contributed by atoms with Gasteiger partial charge in [-0.25, -0.2) is 0 Å². The summed E-state index contributed by atoms with van der Waals surface area (Å²) in [5.74, 6) is 5.81. The number of rotatable bonds is 4. The number of ether oxygens (including phenoxy) is 1. The van der Waals surface area contributed by atoms with Crippen LogP contribution in [0, 0.1) is 5.92 Å². The molecule has 2 rings (SSSR count). The molecule has 1 aromatic rings. The maximum atomic E-state index is 12.2. The highest BCUT2D eigenvalue weighted by molar-refractivity contribution is 5.99. The first-order valence-electron chi connectivity index (χ1n) is 6.66. The van der Waals surface area contributed by atoms with Crippen LogP contribution in [0.25, 0.3) is 0 Å². The van der Waals surface area contributed by atoms with Crippen LogP contribution in [0.15, 0.2) is 24.3 Å². The summed E-state index contributed by atoms with van der Waals surface area (Å²) in [5.41, 5.74) is 3.76. The second kappa shape index (κ2) is 6.54. The molecule has 1 unspecified atom stereocenters. The van der Waals surface area contributed by atoms with Gasteiger partial charge in [-0.3, -0.25) is 10.6 Å². The lowest BCUT2D eigenvalue weighted by atomic mass is 9.92. The second-order valence-electron chi connectivity index (χ2n) is 4.90. The van der Waals surface area contributed by atoms with E-state index in [2.05, 4.69) is 10.7 Å². The zero-order valence-electron chi connectivity index (χ0n) is 11.2. The number of nitrogen functional groups attached to an aromatic ring is 1. The van der Waals surface area contributed by atoms with E-state index in [1.807, 2.05) is 19.1 Å². The molecular formula is C14H21N3O2. The van der Waals surface area contributed by atoms with Crippen LogP contribution in [0.1, 0.15) is 30.1 Å². The number of para-hydroxylation sites is 1. The fraction of sp³-hybridized carbons (Fsp3) is 0.500. The SMILES string of the molecule is CC(NC(=O)c1ccccc1NN)C1CCOCC1. The Hall–Kier alpha value is -1.59. The van der Waals surface area contributed by atoms with Crippen molar-refractivity contribution in [1.29, 1.82) is 0 Å². The predicted octanol–water partition coefficient (Wildman–Crippen LogP) is 1.52. The summed E-state index contributed by atoms with van der Waals surface area (Å²) in [6, 6.07) is 7.36. The molecule has 1 atom stereocenters. The van der Waals surface area contributed by atoms with E-state index in [-0.39, 0.29) is 11.9 Å². The highest BCUT2D eigenvalue weighted by atomic mass is 16.5. The number of anilines is 1. The van der Waals surface area contributed by atoms with E-state index in [0.29, 0.717) is 17.2 Å². The predicted molar refractivity (Wildman–Crippen MR) is 74.7 cm³/mol. The lowest BCUT2D eigenvalue weighted by Crippen LogP contribution is -2.40. The Kier molecular flexibility index (Phi) is 4.76. The summed E-state index contributed by atoms with van der Waals surface area (Å²) in [6.45, 7) is 3.62. The topological polar surface area (TPSA) is 76.4 Å². The van der Waals surface area contributed by atoms with Gasteiger partial charge in [-0.05, 0) is 37.8 Å². The number of carbonyl (C=O) groups is 1. The summed E-state index contributed by atoms with van der Waals surface area (Å²) < 4.78 is 5.34. The molecule has 0 spiro atoms. The zero-order chi connectivity index (χ0) is 13.7. The molecule has 1 amide bonds. The van der Waals surface area contributed by atoms with Crippen molar-refractivity contribution in [2.75, 3.05) is 18.6 Å². The Balaban J connectivity index is 1.99. The molecule has 1 saturated heterocycles. The normalized spacial score (nSPS) is 17.8. The summed E-state index contributed by atoms with van der Waals surface area (Å²) in [6.07, 6.45) is 2.00. The van der Waals surface area contributed by atoms with Crippen LogP contribution < -0.4 is 16.6 Å². The van der Waals surface area contributed by atoms with Gasteiger partial charge in [0.25, 0.3) is 5.91 Å². The van der Waals surface area contributed by atoms with Crippen molar-refractivity contribution in [3.63, 3.8) is 0 Å². The van der Waals surface area contributed by atoms with Crippen LogP contribution in [0.3, 0.4) is 0 Å². The number of hydrazine groups is 1. The van der Waals surface area contributed by atoms with Gasteiger partial charge in [-0.1, -0.05) is 12.1 Å². The first-order valence-corrected chi connectivity index (χ1v) is 6.66. The number of amides is 1. The Morgan fingerprint density at radius 2 is 2.05 bits per heavy atom. The van der Waals surface area contributed by atoms with Crippen LogP contribution in [-0.4, -0.2) is 25.2 Å². The summed E-state index contributed by atoms with van der Waals surface area (Å²) in [7, 11) is 0. The molecule has 1 aromatic carbocycles. The number of hydrogen-bond donors (Lipinski definition) is 3. The van der Waals surface area contributed by atoms with E-state index in [4.69, 9.17) is 10.6 Å². The van der Waals surface area contributed by atoms with E-state index in [1.165, 1.54) is 0 Å². The molecule has 0 saturated carbocycles. The minimum Gasteiger partial charge on any atom is -0.381 e. The standard InChI is InChI=1S/C14H21N3O2/c1-10(11-6-8-19-9-7-11)16-14(18)12-4-2-3-5-13(12)17-15/h2-5,10-11,17H,6-9,15H2,1H3,(H,16,18). The summed E-state index contributed by atoms with van der Waals surface area (Å²) >= 11 is 0. The molecule has 1 fully saturated rings. The van der Waals surface area contributed by atoms with E-state index >= 15 is 0 Å². The monoisotopic (exact) mass is 263 g/mol. The quantitative estimate of drug-likeness (QED) is 0.568. The van der Waals surface area contributed by atoms with E-state index in [0.717, 1.165) is 26.1 Å². The number of benzene rings is 1. The fourth-order valence-corrected chi connectivity index (χ4v) is 2.43. The molecule has 5 heteroatoms. The van der Waals surface area contributed by atoms with Crippen LogP contribution in [-0.2, 0) is 4.74 Å². The van der Waals surface area contributed by atoms with E-state index < -0.39 is 0 Å². The van der Waals surface area contributed by atoms with Crippen molar-refractivity contribution >= 4 is 11.6 Å². The minimum absolute atomic E-state index is 0.0902. The minimum atomic E-state index is -0.0902. The lowest BCUT2D eigenvalue weighted by Gasteiger charge is -2.28. The van der Waals surface area contributed by atoms with Gasteiger partial charge in [0, 0.05) is 19.3 Å². The van der Waals surface area contributed by atoms with E-state index in [1.54, 1.807) is 12.1 Å². The van der Waals surface area contributed by atoms with Crippen LogP contribution >= 0.6 is 0 Å². The molecule has 0 radical (unpaired) electrons. The molecule has 1 aliphatic heterocycles. The maximum absolute atomic E-state index is 12.2. The molecule has 0 bridgehead atoms. The first-order chi connectivity index (χ1) is 9.22. The van der Waals surface area contributed by atoms with E-state index in [9.17, 15) is 4.79 Å². The highest BCUT2D eigenvalue weighted by Crippen LogP contribution is 2.20. The maximum Gasteiger partial charge on any atom is 0.253 e. The Bertz CT molecular complexity index is 430. The summed E-state index contributed by atoms with van der Waals surface area (Å²) in [5, 5.41) is 3.05. The van der Waals surface area contributed by atoms with Gasteiger partial charge in [-0.15, -0.1) is 0 Å². The van der Waals surface area contributed by atoms with Gasteiger partial charge in [0.1, 0.15) is 0 Å². The van der Waals surface area contributed by atoms with Crippen LogP contribution in [0.4, 0.5) is 5.69 Å². The molecule has 0 aliphatic carbocycles. The van der Waals surface area contributed by atoms with Crippen LogP contribution in [0.2, 0.25) is 0 Å². The summed E-state index contributed by atoms with van der Waals surface area (Å²) in [4.78, 5) is 12.2. The Labute approximate surface area is 113 Å². The van der Waals surface area contributed by atoms with Crippen molar-refractivity contribution in [3.05, 3.63) is 29.8 Å². The van der Waals surface area contributed by atoms with Crippen molar-refractivity contribution in [2.24, 2.45) is 11.8 Å². The molecule has 104 valence electrons. The first kappa shape index (κ1) is 13.8. The molecule has 19 heavy (non-hydrogen) atoms. The number of hydrogen-bond acceptors (Lipinski definition) is 4. The average molecular weight is 263 g/mol. The number of carbonyl (C=O) groups excluding carboxylic acids is 1. The van der Waals surface area contributed by atoms with Crippen molar-refractivity contribution < 1.29 is 9.53 Å². The van der Waals surface area contributed by atoms with Gasteiger partial charge >= 0.3 is 0 Å². The second-order valence-corrected chi connectivity index (χ2v) is 4.90. The lowest BCUT2D eigenvalue weighted by molar-refractivity contribution is 0.0538. The molecule has 1 heterocycles. The van der Waals surface area contributed by atoms with Gasteiger partial charge in [0.15, 0.2) is 0 Å². The third-order valence-corrected chi connectivity index (χ3v) is 3.66. The fourth-order valence-electron chi connectivity index (χ4n) is 2.43. The third kappa shape index (κ3) is 3.45. The molecular weight excluding hydrogens is 242 g/mol. The van der Waals surface area contributed by atoms with Crippen molar-refractivity contribution in [1.82, 2.24) is 5.32 Å². The smallest absolute Gasteiger partial charge is 0.253 e. The largest absolute Gasteiger partial charge is 0.381 e. The van der Waals surface area contributed by atoms with Gasteiger partial charge in [0.2, 0.25) is 0 Å².